The molecule has 6 nitrogen and oxygen atoms in total. The Morgan fingerprint density at radius 1 is 1.27 bits per heavy atom. The van der Waals surface area contributed by atoms with Crippen LogP contribution in [0.5, 0.6) is 0 Å². The zero-order valence-electron chi connectivity index (χ0n) is 14.0. The van der Waals surface area contributed by atoms with Gasteiger partial charge in [0.15, 0.2) is 5.69 Å². The fourth-order valence-corrected chi connectivity index (χ4v) is 4.16. The Labute approximate surface area is 153 Å². The topological polar surface area (TPSA) is 91.8 Å². The Bertz CT molecular complexity index is 1020. The van der Waals surface area contributed by atoms with Crippen LogP contribution in [-0.2, 0) is 5.41 Å². The Kier molecular flexibility index (Phi) is 4.00. The average molecular weight is 364 g/mol. The van der Waals surface area contributed by atoms with Gasteiger partial charge < -0.3 is 5.11 Å². The maximum Gasteiger partial charge on any atom is 0.358 e. The van der Waals surface area contributed by atoms with Gasteiger partial charge in [0.25, 0.3) is 0 Å². The molecule has 7 heteroatoms. The maximum absolute atomic E-state index is 11.6. The molecule has 1 aromatic carbocycles. The number of H-pyrrole nitrogens is 1. The molecule has 3 aromatic rings. The van der Waals surface area contributed by atoms with Crippen molar-refractivity contribution in [3.8, 4) is 0 Å². The SMILES string of the molecule is Cc1csc(C2(c3n[nH]nc3C(=O)O)C=CC(c3ccccc3)=CC2)n1. The predicted octanol–water partition coefficient (Wildman–Crippen LogP) is 3.60. The van der Waals surface area contributed by atoms with Gasteiger partial charge in [-0.15, -0.1) is 16.4 Å². The van der Waals surface area contributed by atoms with Crippen LogP contribution in [0.15, 0.2) is 53.9 Å². The molecular formula is C19H16N4O2S. The normalized spacial score (nSPS) is 19.3. The third-order valence-corrected chi connectivity index (χ3v) is 5.61. The Balaban J connectivity index is 1.82. The van der Waals surface area contributed by atoms with E-state index < -0.39 is 11.4 Å². The lowest BCUT2D eigenvalue weighted by Gasteiger charge is -2.29. The van der Waals surface area contributed by atoms with Gasteiger partial charge in [-0.1, -0.05) is 48.6 Å². The summed E-state index contributed by atoms with van der Waals surface area (Å²) in [6.07, 6.45) is 6.67. The number of hydrogen-bond donors (Lipinski definition) is 2. The molecule has 1 unspecified atom stereocenters. The minimum atomic E-state index is -1.10. The number of nitrogens with one attached hydrogen (secondary N) is 1. The van der Waals surface area contributed by atoms with Crippen molar-refractivity contribution in [3.63, 3.8) is 0 Å². The Hall–Kier alpha value is -3.06. The second-order valence-corrected chi connectivity index (χ2v) is 7.01. The van der Waals surface area contributed by atoms with E-state index >= 15 is 0 Å². The number of aromatic nitrogens is 4. The minimum absolute atomic E-state index is 0.0703. The number of nitrogens with zero attached hydrogens (tertiary/aromatic N) is 3. The van der Waals surface area contributed by atoms with E-state index in [4.69, 9.17) is 0 Å². The van der Waals surface area contributed by atoms with E-state index in [-0.39, 0.29) is 5.69 Å². The molecule has 2 heterocycles. The van der Waals surface area contributed by atoms with E-state index in [0.717, 1.165) is 21.8 Å². The second-order valence-electron chi connectivity index (χ2n) is 6.15. The van der Waals surface area contributed by atoms with Crippen LogP contribution in [0.2, 0.25) is 0 Å². The van der Waals surface area contributed by atoms with E-state index in [1.807, 2.05) is 42.7 Å². The standard InChI is InChI=1S/C19H16N4O2S/c1-12-11-26-18(20-12)19(16-15(17(24)25)21-23-22-16)9-7-14(8-10-19)13-5-3-2-4-6-13/h2-9,11H,10H2,1H3,(H,24,25)(H,21,22,23). The predicted molar refractivity (Wildman–Crippen MR) is 99.1 cm³/mol. The summed E-state index contributed by atoms with van der Waals surface area (Å²) in [6.45, 7) is 1.92. The van der Waals surface area contributed by atoms with Crippen LogP contribution in [0, 0.1) is 6.92 Å². The van der Waals surface area contributed by atoms with Crippen molar-refractivity contribution in [2.24, 2.45) is 0 Å². The summed E-state index contributed by atoms with van der Waals surface area (Å²) in [5, 5.41) is 22.8. The molecule has 2 aromatic heterocycles. The lowest BCUT2D eigenvalue weighted by atomic mass is 9.76. The number of hydrogen-bond acceptors (Lipinski definition) is 5. The first-order chi connectivity index (χ1) is 12.6. The highest BCUT2D eigenvalue weighted by molar-refractivity contribution is 7.09. The van der Waals surface area contributed by atoms with E-state index in [2.05, 4.69) is 38.6 Å². The number of rotatable bonds is 4. The molecule has 26 heavy (non-hydrogen) atoms. The highest BCUT2D eigenvalue weighted by Gasteiger charge is 2.41. The van der Waals surface area contributed by atoms with Gasteiger partial charge >= 0.3 is 5.97 Å². The van der Waals surface area contributed by atoms with Gasteiger partial charge in [-0.2, -0.15) is 10.3 Å². The van der Waals surface area contributed by atoms with E-state index in [9.17, 15) is 9.90 Å². The molecule has 0 radical (unpaired) electrons. The lowest BCUT2D eigenvalue weighted by Crippen LogP contribution is -2.29. The first-order valence-electron chi connectivity index (χ1n) is 8.12. The third-order valence-electron chi connectivity index (χ3n) is 4.47. The molecule has 1 aliphatic rings. The number of aromatic carboxylic acids is 1. The number of aromatic amines is 1. The highest BCUT2D eigenvalue weighted by atomic mass is 32.1. The molecule has 0 amide bonds. The average Bonchev–Trinajstić information content (AvgIpc) is 3.32. The van der Waals surface area contributed by atoms with Gasteiger partial charge in [-0.05, 0) is 24.5 Å². The van der Waals surface area contributed by atoms with Crippen molar-refractivity contribution >= 4 is 22.9 Å². The van der Waals surface area contributed by atoms with Crippen molar-refractivity contribution in [3.05, 3.63) is 81.6 Å². The van der Waals surface area contributed by atoms with E-state index in [0.29, 0.717) is 12.1 Å². The fourth-order valence-electron chi connectivity index (χ4n) is 3.17. The molecule has 0 spiro atoms. The smallest absolute Gasteiger partial charge is 0.358 e. The van der Waals surface area contributed by atoms with Crippen molar-refractivity contribution in [2.75, 3.05) is 0 Å². The van der Waals surface area contributed by atoms with Gasteiger partial charge in [-0.25, -0.2) is 9.78 Å². The molecule has 2 N–H and O–H groups in total. The first-order valence-corrected chi connectivity index (χ1v) is 9.00. The highest BCUT2D eigenvalue weighted by Crippen LogP contribution is 2.43. The van der Waals surface area contributed by atoms with Gasteiger partial charge in [0, 0.05) is 11.1 Å². The molecular weight excluding hydrogens is 348 g/mol. The number of carboxylic acid groups (broad SMARTS) is 1. The summed E-state index contributed by atoms with van der Waals surface area (Å²) in [7, 11) is 0. The molecule has 1 atom stereocenters. The van der Waals surface area contributed by atoms with Crippen LogP contribution >= 0.6 is 11.3 Å². The number of carboxylic acids is 1. The Morgan fingerprint density at radius 2 is 2.08 bits per heavy atom. The number of carbonyl (C=O) groups is 1. The van der Waals surface area contributed by atoms with Gasteiger partial charge in [0.05, 0.1) is 5.41 Å². The molecule has 0 aliphatic heterocycles. The molecule has 0 bridgehead atoms. The maximum atomic E-state index is 11.6. The summed E-state index contributed by atoms with van der Waals surface area (Å²) < 4.78 is 0. The van der Waals surface area contributed by atoms with Gasteiger partial charge in [0.2, 0.25) is 0 Å². The zero-order chi connectivity index (χ0) is 18.1. The second kappa shape index (κ2) is 6.34. The van der Waals surface area contributed by atoms with Crippen molar-refractivity contribution in [1.82, 2.24) is 20.4 Å². The van der Waals surface area contributed by atoms with Crippen LogP contribution in [0.4, 0.5) is 0 Å². The van der Waals surface area contributed by atoms with Crippen LogP contribution in [0.1, 0.15) is 38.9 Å². The Morgan fingerprint density at radius 3 is 2.69 bits per heavy atom. The third kappa shape index (κ3) is 2.66. The summed E-state index contributed by atoms with van der Waals surface area (Å²) in [5.41, 5.74) is 2.69. The number of thiazole rings is 1. The molecule has 1 aliphatic carbocycles. The molecule has 0 saturated heterocycles. The monoisotopic (exact) mass is 364 g/mol. The van der Waals surface area contributed by atoms with Gasteiger partial charge in [0.1, 0.15) is 10.7 Å². The van der Waals surface area contributed by atoms with Crippen LogP contribution < -0.4 is 0 Å². The lowest BCUT2D eigenvalue weighted by molar-refractivity contribution is 0.0688. The molecule has 4 rings (SSSR count). The zero-order valence-corrected chi connectivity index (χ0v) is 14.8. The van der Waals surface area contributed by atoms with Crippen LogP contribution in [-0.4, -0.2) is 31.5 Å². The number of aryl methyl sites for hydroxylation is 1. The van der Waals surface area contributed by atoms with Gasteiger partial charge in [-0.3, -0.25) is 0 Å². The largest absolute Gasteiger partial charge is 0.476 e. The van der Waals surface area contributed by atoms with Crippen LogP contribution in [0.3, 0.4) is 0 Å². The van der Waals surface area contributed by atoms with Crippen molar-refractivity contribution in [2.45, 2.75) is 18.8 Å². The summed E-state index contributed by atoms with van der Waals surface area (Å²) >= 11 is 1.50. The molecule has 0 fully saturated rings. The van der Waals surface area contributed by atoms with Crippen molar-refractivity contribution in [1.29, 1.82) is 0 Å². The van der Waals surface area contributed by atoms with Crippen LogP contribution in [0.25, 0.3) is 5.57 Å². The minimum Gasteiger partial charge on any atom is -0.476 e. The van der Waals surface area contributed by atoms with E-state index in [1.54, 1.807) is 0 Å². The number of allylic oxidation sites excluding steroid dienone is 4. The molecule has 130 valence electrons. The van der Waals surface area contributed by atoms with Crippen molar-refractivity contribution < 1.29 is 9.90 Å². The fraction of sp³-hybridized carbons (Fsp3) is 0.158. The summed E-state index contributed by atoms with van der Waals surface area (Å²) in [5.74, 6) is -1.10. The first kappa shape index (κ1) is 16.4. The number of benzene rings is 1. The van der Waals surface area contributed by atoms with E-state index in [1.165, 1.54) is 11.3 Å². The quantitative estimate of drug-likeness (QED) is 0.738. The molecule has 0 saturated carbocycles. The summed E-state index contributed by atoms with van der Waals surface area (Å²) in [6, 6.07) is 10.1. The summed E-state index contributed by atoms with van der Waals surface area (Å²) in [4.78, 5) is 16.2.